The summed E-state index contributed by atoms with van der Waals surface area (Å²) >= 11 is 0. The number of piperidine rings is 1. The molecule has 0 radical (unpaired) electrons. The number of hydrogen-bond donors (Lipinski definition) is 3. The van der Waals surface area contributed by atoms with E-state index in [1.807, 2.05) is 6.07 Å². The largest absolute Gasteiger partial charge is 0.465 e. The van der Waals surface area contributed by atoms with E-state index >= 15 is 0 Å². The van der Waals surface area contributed by atoms with Gasteiger partial charge < -0.3 is 25.8 Å². The summed E-state index contributed by atoms with van der Waals surface area (Å²) in [7, 11) is 0. The first-order chi connectivity index (χ1) is 15.0. The lowest BCUT2D eigenvalue weighted by Crippen LogP contribution is -2.49. The van der Waals surface area contributed by atoms with Crippen molar-refractivity contribution in [1.82, 2.24) is 19.9 Å². The molecule has 1 aromatic carbocycles. The van der Waals surface area contributed by atoms with Crippen molar-refractivity contribution >= 4 is 17.7 Å². The van der Waals surface area contributed by atoms with Gasteiger partial charge in [0.15, 0.2) is 0 Å². The molecular formula is C21H21FN6O3. The summed E-state index contributed by atoms with van der Waals surface area (Å²) in [5, 5.41) is 12.2. The lowest BCUT2D eigenvalue weighted by atomic mass is 10.0. The Morgan fingerprint density at radius 1 is 1.16 bits per heavy atom. The number of nitrogens with one attached hydrogen (secondary N) is 1. The van der Waals surface area contributed by atoms with Crippen LogP contribution in [-0.4, -0.2) is 56.4 Å². The van der Waals surface area contributed by atoms with Gasteiger partial charge in [0.05, 0.1) is 17.8 Å². The SMILES string of the molecule is Nc1ccc(Oc2ncccc2-c2ccnc(N[C@H]3C[C@H](F)CN(C(=O)O)C3)n2)cc1. The second-order valence-electron chi connectivity index (χ2n) is 7.15. The van der Waals surface area contributed by atoms with E-state index in [2.05, 4.69) is 20.3 Å². The summed E-state index contributed by atoms with van der Waals surface area (Å²) in [4.78, 5) is 25.3. The van der Waals surface area contributed by atoms with Crippen LogP contribution in [0.25, 0.3) is 11.3 Å². The van der Waals surface area contributed by atoms with Gasteiger partial charge in [0.25, 0.3) is 0 Å². The number of nitrogens with zero attached hydrogens (tertiary/aromatic N) is 4. The summed E-state index contributed by atoms with van der Waals surface area (Å²) in [6.07, 6.45) is 0.957. The van der Waals surface area contributed by atoms with Crippen LogP contribution in [0, 0.1) is 0 Å². The van der Waals surface area contributed by atoms with Gasteiger partial charge >= 0.3 is 6.09 Å². The van der Waals surface area contributed by atoms with Crippen molar-refractivity contribution in [3.05, 3.63) is 54.9 Å². The maximum absolute atomic E-state index is 14.0. The number of likely N-dealkylation sites (tertiary alicyclic amines) is 1. The molecule has 0 spiro atoms. The molecule has 31 heavy (non-hydrogen) atoms. The number of nitrogen functional groups attached to an aromatic ring is 1. The molecule has 3 heterocycles. The highest BCUT2D eigenvalue weighted by atomic mass is 19.1. The Balaban J connectivity index is 1.55. The first-order valence-electron chi connectivity index (χ1n) is 9.68. The molecule has 4 rings (SSSR count). The molecule has 1 saturated heterocycles. The number of carboxylic acid groups (broad SMARTS) is 1. The van der Waals surface area contributed by atoms with Gasteiger partial charge in [-0.3, -0.25) is 0 Å². The number of nitrogens with two attached hydrogens (primary N) is 1. The van der Waals surface area contributed by atoms with Crippen LogP contribution in [0.15, 0.2) is 54.9 Å². The smallest absolute Gasteiger partial charge is 0.407 e. The fraction of sp³-hybridized carbons (Fsp3) is 0.238. The van der Waals surface area contributed by atoms with Crippen LogP contribution in [0.2, 0.25) is 0 Å². The number of pyridine rings is 1. The van der Waals surface area contributed by atoms with Crippen molar-refractivity contribution in [1.29, 1.82) is 0 Å². The summed E-state index contributed by atoms with van der Waals surface area (Å²) in [5.41, 5.74) is 7.54. The Hall–Kier alpha value is -3.95. The highest BCUT2D eigenvalue weighted by Crippen LogP contribution is 2.31. The molecule has 2 aromatic heterocycles. The number of anilines is 2. The maximum atomic E-state index is 14.0. The minimum absolute atomic E-state index is 0.129. The molecule has 160 valence electrons. The highest BCUT2D eigenvalue weighted by Gasteiger charge is 2.30. The van der Waals surface area contributed by atoms with Crippen LogP contribution in [0.1, 0.15) is 6.42 Å². The average Bonchev–Trinajstić information content (AvgIpc) is 2.75. The number of carbonyl (C=O) groups is 1. The van der Waals surface area contributed by atoms with Crippen molar-refractivity contribution in [3.63, 3.8) is 0 Å². The molecule has 1 amide bonds. The van der Waals surface area contributed by atoms with Crippen molar-refractivity contribution in [2.75, 3.05) is 24.1 Å². The number of benzene rings is 1. The molecule has 0 unspecified atom stereocenters. The van der Waals surface area contributed by atoms with Crippen molar-refractivity contribution < 1.29 is 19.0 Å². The molecule has 2 atom stereocenters. The number of rotatable bonds is 5. The Kier molecular flexibility index (Phi) is 5.78. The van der Waals surface area contributed by atoms with Crippen molar-refractivity contribution in [2.45, 2.75) is 18.6 Å². The molecule has 1 aliphatic heterocycles. The summed E-state index contributed by atoms with van der Waals surface area (Å²) < 4.78 is 19.9. The molecule has 9 nitrogen and oxygen atoms in total. The molecular weight excluding hydrogens is 403 g/mol. The summed E-state index contributed by atoms with van der Waals surface area (Å²) in [6, 6.07) is 11.8. The first-order valence-corrected chi connectivity index (χ1v) is 9.68. The Morgan fingerprint density at radius 3 is 2.74 bits per heavy atom. The van der Waals surface area contributed by atoms with Gasteiger partial charge in [0.1, 0.15) is 11.9 Å². The second-order valence-corrected chi connectivity index (χ2v) is 7.15. The Labute approximate surface area is 177 Å². The van der Waals surface area contributed by atoms with Crippen LogP contribution >= 0.6 is 0 Å². The Bertz CT molecular complexity index is 1060. The van der Waals surface area contributed by atoms with Gasteiger partial charge in [-0.05, 0) is 42.5 Å². The number of hydrogen-bond acceptors (Lipinski definition) is 7. The van der Waals surface area contributed by atoms with Gasteiger partial charge in [-0.1, -0.05) is 0 Å². The molecule has 0 aliphatic carbocycles. The van der Waals surface area contributed by atoms with E-state index < -0.39 is 18.3 Å². The standard InChI is InChI=1S/C21H21FN6O3/c22-13-10-15(12-28(11-13)21(29)30)26-20-25-9-7-18(27-20)17-2-1-8-24-19(17)31-16-5-3-14(23)4-6-16/h1-9,13,15H,10-12,23H2,(H,29,30)(H,25,26,27)/t13-,15-/m0/s1. The van der Waals surface area contributed by atoms with Crippen molar-refractivity contribution in [3.8, 4) is 22.9 Å². The normalized spacial score (nSPS) is 18.4. The third kappa shape index (κ3) is 4.97. The van der Waals surface area contributed by atoms with E-state index in [0.717, 1.165) is 4.90 Å². The van der Waals surface area contributed by atoms with Crippen molar-refractivity contribution in [2.24, 2.45) is 0 Å². The monoisotopic (exact) mass is 424 g/mol. The van der Waals surface area contributed by atoms with Crippen LogP contribution in [0.3, 0.4) is 0 Å². The lowest BCUT2D eigenvalue weighted by molar-refractivity contribution is 0.102. The van der Waals surface area contributed by atoms with E-state index in [1.54, 1.807) is 48.8 Å². The lowest BCUT2D eigenvalue weighted by Gasteiger charge is -2.33. The second kappa shape index (κ2) is 8.82. The maximum Gasteiger partial charge on any atom is 0.407 e. The van der Waals surface area contributed by atoms with E-state index in [9.17, 15) is 14.3 Å². The highest BCUT2D eigenvalue weighted by molar-refractivity contribution is 5.66. The van der Waals surface area contributed by atoms with Gasteiger partial charge in [-0.25, -0.2) is 24.1 Å². The molecule has 10 heteroatoms. The number of aromatic nitrogens is 3. The van der Waals surface area contributed by atoms with E-state index in [4.69, 9.17) is 10.5 Å². The van der Waals surface area contributed by atoms with Crippen LogP contribution < -0.4 is 15.8 Å². The number of amides is 1. The van der Waals surface area contributed by atoms with Crippen LogP contribution in [0.4, 0.5) is 20.8 Å². The number of halogens is 1. The van der Waals surface area contributed by atoms with Crippen LogP contribution in [-0.2, 0) is 0 Å². The molecule has 0 bridgehead atoms. The van der Waals surface area contributed by atoms with Gasteiger partial charge in [0.2, 0.25) is 11.8 Å². The molecule has 1 fully saturated rings. The topological polar surface area (TPSA) is 126 Å². The number of ether oxygens (including phenoxy) is 1. The zero-order chi connectivity index (χ0) is 21.8. The number of alkyl halides is 1. The van der Waals surface area contributed by atoms with Gasteiger partial charge in [0, 0.05) is 37.1 Å². The predicted molar refractivity (Wildman–Crippen MR) is 113 cm³/mol. The first kappa shape index (κ1) is 20.3. The molecule has 0 saturated carbocycles. The molecule has 1 aliphatic rings. The third-order valence-electron chi connectivity index (χ3n) is 4.80. The van der Waals surface area contributed by atoms with Gasteiger partial charge in [-0.2, -0.15) is 0 Å². The molecule has 4 N–H and O–H groups in total. The fourth-order valence-electron chi connectivity index (χ4n) is 3.37. The quantitative estimate of drug-likeness (QED) is 0.532. The van der Waals surface area contributed by atoms with E-state index in [-0.39, 0.29) is 25.5 Å². The average molecular weight is 424 g/mol. The minimum atomic E-state index is -1.25. The summed E-state index contributed by atoms with van der Waals surface area (Å²) in [6.45, 7) is 0.0255. The van der Waals surface area contributed by atoms with E-state index in [0.29, 0.717) is 28.6 Å². The van der Waals surface area contributed by atoms with Gasteiger partial charge in [-0.15, -0.1) is 0 Å². The van der Waals surface area contributed by atoms with E-state index in [1.165, 1.54) is 0 Å². The third-order valence-corrected chi connectivity index (χ3v) is 4.80. The Morgan fingerprint density at radius 2 is 1.97 bits per heavy atom. The zero-order valence-electron chi connectivity index (χ0n) is 16.5. The zero-order valence-corrected chi connectivity index (χ0v) is 16.5. The summed E-state index contributed by atoms with van der Waals surface area (Å²) in [5.74, 6) is 1.20. The minimum Gasteiger partial charge on any atom is -0.465 e. The molecule has 3 aromatic rings. The predicted octanol–water partition coefficient (Wildman–Crippen LogP) is 3.42. The fourth-order valence-corrected chi connectivity index (χ4v) is 3.37. The van der Waals surface area contributed by atoms with Crippen LogP contribution in [0.5, 0.6) is 11.6 Å².